The molecule has 7 heteroatoms. The van der Waals surface area contributed by atoms with Gasteiger partial charge in [0.25, 0.3) is 0 Å². The number of carbonyl (C=O) groups is 2. The third-order valence-corrected chi connectivity index (χ3v) is 3.96. The van der Waals surface area contributed by atoms with Crippen molar-refractivity contribution >= 4 is 11.8 Å². The Hall–Kier alpha value is -1.92. The van der Waals surface area contributed by atoms with Crippen LogP contribution in [0.2, 0.25) is 0 Å². The summed E-state index contributed by atoms with van der Waals surface area (Å²) in [6.07, 6.45) is 3.29. The van der Waals surface area contributed by atoms with Crippen molar-refractivity contribution in [2.45, 2.75) is 51.9 Å². The molecule has 1 aromatic heterocycles. The fraction of sp³-hybridized carbons (Fsp3) is 0.733. The molecule has 0 aromatic carbocycles. The number of aromatic nitrogens is 2. The van der Waals surface area contributed by atoms with E-state index in [0.717, 1.165) is 12.8 Å². The molecule has 0 bridgehead atoms. The van der Waals surface area contributed by atoms with Crippen LogP contribution in [0.15, 0.2) is 4.52 Å². The van der Waals surface area contributed by atoms with Crippen molar-refractivity contribution in [3.8, 4) is 0 Å². The van der Waals surface area contributed by atoms with E-state index in [1.165, 1.54) is 0 Å². The monoisotopic (exact) mass is 308 g/mol. The second-order valence-electron chi connectivity index (χ2n) is 6.14. The van der Waals surface area contributed by atoms with Crippen molar-refractivity contribution in [3.05, 3.63) is 11.7 Å². The number of amides is 2. The van der Waals surface area contributed by atoms with Gasteiger partial charge in [-0.2, -0.15) is 4.98 Å². The van der Waals surface area contributed by atoms with Crippen molar-refractivity contribution in [1.29, 1.82) is 0 Å². The number of carbonyl (C=O) groups excluding carboxylic acids is 2. The first-order valence-corrected chi connectivity index (χ1v) is 7.87. The van der Waals surface area contributed by atoms with E-state index < -0.39 is 0 Å². The van der Waals surface area contributed by atoms with E-state index in [9.17, 15) is 9.59 Å². The summed E-state index contributed by atoms with van der Waals surface area (Å²) in [7, 11) is 0. The highest BCUT2D eigenvalue weighted by Crippen LogP contribution is 2.17. The molecule has 2 amide bonds. The van der Waals surface area contributed by atoms with Gasteiger partial charge in [-0.05, 0) is 19.3 Å². The molecule has 2 N–H and O–H groups in total. The number of likely N-dealkylation sites (tertiary alicyclic amines) is 1. The maximum atomic E-state index is 12.2. The first-order valence-electron chi connectivity index (χ1n) is 7.87. The van der Waals surface area contributed by atoms with Crippen molar-refractivity contribution in [1.82, 2.24) is 15.0 Å². The Morgan fingerprint density at radius 3 is 2.86 bits per heavy atom. The van der Waals surface area contributed by atoms with Crippen LogP contribution >= 0.6 is 0 Å². The van der Waals surface area contributed by atoms with E-state index in [2.05, 4.69) is 10.1 Å². The zero-order chi connectivity index (χ0) is 16.1. The Kier molecular flexibility index (Phi) is 5.51. The maximum Gasteiger partial charge on any atom is 0.226 e. The summed E-state index contributed by atoms with van der Waals surface area (Å²) >= 11 is 0. The lowest BCUT2D eigenvalue weighted by Crippen LogP contribution is -2.44. The zero-order valence-electron chi connectivity index (χ0n) is 13.2. The van der Waals surface area contributed by atoms with Crippen LogP contribution in [0, 0.1) is 5.92 Å². The summed E-state index contributed by atoms with van der Waals surface area (Å²) in [4.78, 5) is 29.4. The van der Waals surface area contributed by atoms with Crippen molar-refractivity contribution in [2.75, 3.05) is 13.1 Å². The topological polar surface area (TPSA) is 102 Å². The predicted molar refractivity (Wildman–Crippen MR) is 79.8 cm³/mol. The normalized spacial score (nSPS) is 18.7. The lowest BCUT2D eigenvalue weighted by Gasteiger charge is -2.31. The van der Waals surface area contributed by atoms with Gasteiger partial charge in [-0.25, -0.2) is 0 Å². The molecular weight excluding hydrogens is 284 g/mol. The second kappa shape index (κ2) is 7.38. The lowest BCUT2D eigenvalue weighted by atomic mass is 9.97. The Bertz CT molecular complexity index is 527. The van der Waals surface area contributed by atoms with Gasteiger partial charge in [0.2, 0.25) is 17.7 Å². The van der Waals surface area contributed by atoms with Crippen molar-refractivity contribution in [3.63, 3.8) is 0 Å². The molecule has 122 valence electrons. The molecular formula is C15H24N4O3. The standard InChI is InChI=1S/C15H24N4O3/c1-10(2)15-17-12(22-18-15)6-3-7-13(20)19-8-4-5-11(9-19)14(16)21/h10-11H,3-9H2,1-2H3,(H2,16,21). The third kappa shape index (κ3) is 4.29. The summed E-state index contributed by atoms with van der Waals surface area (Å²) in [5, 5.41) is 3.90. The summed E-state index contributed by atoms with van der Waals surface area (Å²) in [5.41, 5.74) is 5.33. The van der Waals surface area contributed by atoms with Gasteiger partial charge >= 0.3 is 0 Å². The van der Waals surface area contributed by atoms with Crippen LogP contribution in [0.4, 0.5) is 0 Å². The summed E-state index contributed by atoms with van der Waals surface area (Å²) in [6, 6.07) is 0. The van der Waals surface area contributed by atoms with E-state index in [-0.39, 0.29) is 23.7 Å². The number of hydrogen-bond donors (Lipinski definition) is 1. The first-order chi connectivity index (χ1) is 10.5. The van der Waals surface area contributed by atoms with Crippen LogP contribution in [0.1, 0.15) is 57.2 Å². The van der Waals surface area contributed by atoms with E-state index in [1.807, 2.05) is 13.8 Å². The highest BCUT2D eigenvalue weighted by atomic mass is 16.5. The second-order valence-corrected chi connectivity index (χ2v) is 6.14. The van der Waals surface area contributed by atoms with Crippen LogP contribution in [-0.2, 0) is 16.0 Å². The van der Waals surface area contributed by atoms with Gasteiger partial charge in [0.15, 0.2) is 5.82 Å². The quantitative estimate of drug-likeness (QED) is 0.851. The van der Waals surface area contributed by atoms with Gasteiger partial charge in [-0.1, -0.05) is 19.0 Å². The molecule has 0 saturated carbocycles. The number of aryl methyl sites for hydroxylation is 1. The number of piperidine rings is 1. The van der Waals surface area contributed by atoms with Gasteiger partial charge in [0.1, 0.15) is 0 Å². The van der Waals surface area contributed by atoms with E-state index in [4.69, 9.17) is 10.3 Å². The molecule has 0 radical (unpaired) electrons. The Morgan fingerprint density at radius 2 is 2.23 bits per heavy atom. The molecule has 1 aromatic rings. The molecule has 1 aliphatic heterocycles. The van der Waals surface area contributed by atoms with Gasteiger partial charge in [-0.15, -0.1) is 0 Å². The third-order valence-electron chi connectivity index (χ3n) is 3.96. The van der Waals surface area contributed by atoms with Gasteiger partial charge in [0.05, 0.1) is 5.92 Å². The molecule has 2 heterocycles. The SMILES string of the molecule is CC(C)c1noc(CCCC(=O)N2CCCC(C(N)=O)C2)n1. The van der Waals surface area contributed by atoms with Gasteiger partial charge in [-0.3, -0.25) is 9.59 Å². The predicted octanol–water partition coefficient (Wildman–Crippen LogP) is 1.24. The highest BCUT2D eigenvalue weighted by Gasteiger charge is 2.26. The fourth-order valence-electron chi connectivity index (χ4n) is 2.59. The highest BCUT2D eigenvalue weighted by molar-refractivity contribution is 5.80. The molecule has 0 aliphatic carbocycles. The van der Waals surface area contributed by atoms with Crippen LogP contribution < -0.4 is 5.73 Å². The molecule has 0 spiro atoms. The number of primary amides is 1. The summed E-state index contributed by atoms with van der Waals surface area (Å²) < 4.78 is 5.15. The maximum absolute atomic E-state index is 12.2. The molecule has 2 rings (SSSR count). The molecule has 1 aliphatic rings. The summed E-state index contributed by atoms with van der Waals surface area (Å²) in [5.74, 6) is 1.05. The van der Waals surface area contributed by atoms with E-state index in [0.29, 0.717) is 44.1 Å². The average Bonchev–Trinajstić information content (AvgIpc) is 2.96. The molecule has 1 fully saturated rings. The van der Waals surface area contributed by atoms with Gasteiger partial charge < -0.3 is 15.2 Å². The molecule has 1 atom stereocenters. The van der Waals surface area contributed by atoms with Crippen molar-refractivity contribution in [2.24, 2.45) is 11.7 Å². The zero-order valence-corrected chi connectivity index (χ0v) is 13.2. The number of nitrogens with two attached hydrogens (primary N) is 1. The Balaban J connectivity index is 1.76. The number of hydrogen-bond acceptors (Lipinski definition) is 5. The Labute approximate surface area is 130 Å². The molecule has 7 nitrogen and oxygen atoms in total. The molecule has 1 unspecified atom stereocenters. The minimum atomic E-state index is -0.315. The molecule has 22 heavy (non-hydrogen) atoms. The van der Waals surface area contributed by atoms with Crippen LogP contribution in [0.5, 0.6) is 0 Å². The lowest BCUT2D eigenvalue weighted by molar-refractivity contribution is -0.135. The van der Waals surface area contributed by atoms with Crippen LogP contribution in [-0.4, -0.2) is 39.9 Å². The van der Waals surface area contributed by atoms with Gasteiger partial charge in [0, 0.05) is 31.8 Å². The largest absolute Gasteiger partial charge is 0.369 e. The number of rotatable bonds is 6. The number of nitrogens with zero attached hydrogens (tertiary/aromatic N) is 3. The van der Waals surface area contributed by atoms with Crippen LogP contribution in [0.3, 0.4) is 0 Å². The fourth-order valence-corrected chi connectivity index (χ4v) is 2.59. The van der Waals surface area contributed by atoms with E-state index in [1.54, 1.807) is 4.90 Å². The smallest absolute Gasteiger partial charge is 0.226 e. The minimum absolute atomic E-state index is 0.0644. The van der Waals surface area contributed by atoms with Crippen molar-refractivity contribution < 1.29 is 14.1 Å². The van der Waals surface area contributed by atoms with Crippen LogP contribution in [0.25, 0.3) is 0 Å². The first kappa shape index (κ1) is 16.5. The van der Waals surface area contributed by atoms with E-state index >= 15 is 0 Å². The summed E-state index contributed by atoms with van der Waals surface area (Å²) in [6.45, 7) is 5.17. The minimum Gasteiger partial charge on any atom is -0.369 e. The Morgan fingerprint density at radius 1 is 1.45 bits per heavy atom. The molecule has 1 saturated heterocycles. The average molecular weight is 308 g/mol.